The number of nitrogens with zero attached hydrogens (tertiary/aromatic N) is 2. The van der Waals surface area contributed by atoms with Gasteiger partial charge in [0, 0.05) is 22.8 Å². The lowest BCUT2D eigenvalue weighted by Gasteiger charge is -2.08. The summed E-state index contributed by atoms with van der Waals surface area (Å²) in [4.78, 5) is 20.1. The molecule has 0 aliphatic heterocycles. The molecular weight excluding hydrogens is 411 g/mol. The van der Waals surface area contributed by atoms with Crippen molar-refractivity contribution in [2.45, 2.75) is 0 Å². The first-order valence-corrected chi connectivity index (χ1v) is 9.82. The van der Waals surface area contributed by atoms with Crippen LogP contribution in [-0.4, -0.2) is 27.6 Å². The summed E-state index contributed by atoms with van der Waals surface area (Å²) in [6.07, 6.45) is 1.55. The van der Waals surface area contributed by atoms with Gasteiger partial charge in [-0.05, 0) is 42.5 Å². The number of hydrogen-bond donors (Lipinski definition) is 2. The zero-order valence-electron chi connectivity index (χ0n) is 15.2. The lowest BCUT2D eigenvalue weighted by Crippen LogP contribution is -2.16. The Hall–Kier alpha value is -3.30. The Kier molecular flexibility index (Phi) is 5.24. The number of nitrogens with one attached hydrogen (secondary N) is 2. The third kappa shape index (κ3) is 3.82. The van der Waals surface area contributed by atoms with E-state index in [2.05, 4.69) is 15.3 Å². The van der Waals surface area contributed by atoms with E-state index in [0.717, 1.165) is 5.69 Å². The average molecular weight is 426 g/mol. The number of hydrogen-bond acceptors (Lipinski definition) is 5. The highest BCUT2D eigenvalue weighted by atomic mass is 32.1. The molecule has 2 N–H and O–H groups in total. The second-order valence-corrected chi connectivity index (χ2v) is 7.23. The molecule has 0 saturated heterocycles. The van der Waals surface area contributed by atoms with Crippen LogP contribution in [0.5, 0.6) is 5.75 Å². The van der Waals surface area contributed by atoms with Crippen LogP contribution in [0.4, 0.5) is 9.52 Å². The number of benzene rings is 2. The van der Waals surface area contributed by atoms with Crippen molar-refractivity contribution in [1.82, 2.24) is 14.5 Å². The first-order valence-electron chi connectivity index (χ1n) is 8.53. The van der Waals surface area contributed by atoms with Crippen LogP contribution in [0, 0.1) is 10.6 Å². The topological polar surface area (TPSA) is 71.9 Å². The number of rotatable bonds is 5. The van der Waals surface area contributed by atoms with Gasteiger partial charge in [0.1, 0.15) is 17.3 Å². The molecule has 29 heavy (non-hydrogen) atoms. The normalized spacial score (nSPS) is 10.7. The first kappa shape index (κ1) is 19.0. The molecule has 146 valence electrons. The molecule has 2 aromatic heterocycles. The number of aromatic nitrogens is 3. The predicted octanol–water partition coefficient (Wildman–Crippen LogP) is 5.06. The Morgan fingerprint density at radius 1 is 1.28 bits per heavy atom. The Morgan fingerprint density at radius 2 is 2.07 bits per heavy atom. The number of anilines is 1. The van der Waals surface area contributed by atoms with E-state index in [1.165, 1.54) is 36.6 Å². The minimum Gasteiger partial charge on any atom is -0.496 e. The second-order valence-electron chi connectivity index (χ2n) is 5.99. The van der Waals surface area contributed by atoms with Crippen LogP contribution in [0.2, 0.25) is 0 Å². The molecule has 0 atom stereocenters. The summed E-state index contributed by atoms with van der Waals surface area (Å²) < 4.78 is 21.0. The van der Waals surface area contributed by atoms with Crippen LogP contribution in [0.1, 0.15) is 10.5 Å². The van der Waals surface area contributed by atoms with Gasteiger partial charge in [-0.1, -0.05) is 18.2 Å². The molecule has 9 heteroatoms. The van der Waals surface area contributed by atoms with E-state index in [9.17, 15) is 9.18 Å². The highest BCUT2D eigenvalue weighted by molar-refractivity contribution is 7.71. The van der Waals surface area contributed by atoms with E-state index in [4.69, 9.17) is 17.0 Å². The average Bonchev–Trinajstić information content (AvgIpc) is 3.35. The summed E-state index contributed by atoms with van der Waals surface area (Å²) in [5, 5.41) is 4.88. The molecule has 0 fully saturated rings. The Morgan fingerprint density at radius 3 is 2.83 bits per heavy atom. The monoisotopic (exact) mass is 426 g/mol. The fraction of sp³-hybridized carbons (Fsp3) is 0.0500. The van der Waals surface area contributed by atoms with Crippen LogP contribution in [0.3, 0.4) is 0 Å². The van der Waals surface area contributed by atoms with Crippen molar-refractivity contribution in [1.29, 1.82) is 0 Å². The van der Waals surface area contributed by atoms with Crippen molar-refractivity contribution in [2.75, 3.05) is 12.4 Å². The van der Waals surface area contributed by atoms with Crippen molar-refractivity contribution < 1.29 is 13.9 Å². The summed E-state index contributed by atoms with van der Waals surface area (Å²) in [5.41, 5.74) is 2.14. The molecule has 0 bridgehead atoms. The molecule has 0 radical (unpaired) electrons. The standard InChI is InChI=1S/C20H15FN4O2S2/c1-27-17-8-7-12(21)9-14(17)15-11-29-19(23-15)24-18(26)16-10-22-20(28)25(16)13-5-3-2-4-6-13/h2-11H,1H3,(H,22,28)(H,23,24,26). The van der Waals surface area contributed by atoms with E-state index < -0.39 is 5.82 Å². The van der Waals surface area contributed by atoms with Crippen molar-refractivity contribution in [3.8, 4) is 22.7 Å². The quantitative estimate of drug-likeness (QED) is 0.438. The SMILES string of the molecule is COc1ccc(F)cc1-c1csc(NC(=O)c2c[nH]c(=S)n2-c2ccccc2)n1. The minimum atomic E-state index is -0.395. The number of methoxy groups -OCH3 is 1. The second kappa shape index (κ2) is 7.98. The Bertz CT molecular complexity index is 1230. The number of halogens is 1. The number of H-pyrrole nitrogens is 1. The van der Waals surface area contributed by atoms with Crippen molar-refractivity contribution in [3.05, 3.63) is 76.4 Å². The first-order chi connectivity index (χ1) is 14.1. The third-order valence-electron chi connectivity index (χ3n) is 4.19. The maximum Gasteiger partial charge on any atom is 0.276 e. The van der Waals surface area contributed by atoms with Crippen LogP contribution in [0.25, 0.3) is 16.9 Å². The predicted molar refractivity (Wildman–Crippen MR) is 113 cm³/mol. The van der Waals surface area contributed by atoms with Crippen molar-refractivity contribution in [2.24, 2.45) is 0 Å². The maximum atomic E-state index is 13.6. The fourth-order valence-electron chi connectivity index (χ4n) is 2.87. The summed E-state index contributed by atoms with van der Waals surface area (Å²) in [6.45, 7) is 0. The van der Waals surface area contributed by atoms with Gasteiger partial charge in [0.2, 0.25) is 0 Å². The Labute approximate surface area is 174 Å². The molecule has 0 saturated carbocycles. The number of para-hydroxylation sites is 1. The number of amides is 1. The lowest BCUT2D eigenvalue weighted by molar-refractivity contribution is 0.102. The van der Waals surface area contributed by atoms with Crippen LogP contribution < -0.4 is 10.1 Å². The van der Waals surface area contributed by atoms with E-state index in [1.54, 1.807) is 16.1 Å². The summed E-state index contributed by atoms with van der Waals surface area (Å²) in [5.74, 6) is -0.264. The zero-order chi connectivity index (χ0) is 20.4. The number of aromatic amines is 1. The van der Waals surface area contributed by atoms with Gasteiger partial charge in [0.05, 0.1) is 12.8 Å². The van der Waals surface area contributed by atoms with Gasteiger partial charge >= 0.3 is 0 Å². The Balaban J connectivity index is 1.62. The van der Waals surface area contributed by atoms with Gasteiger partial charge in [0.25, 0.3) is 5.91 Å². The van der Waals surface area contributed by atoms with Gasteiger partial charge in [-0.3, -0.25) is 14.7 Å². The summed E-state index contributed by atoms with van der Waals surface area (Å²) in [7, 11) is 1.51. The van der Waals surface area contributed by atoms with Crippen LogP contribution in [-0.2, 0) is 0 Å². The molecule has 0 spiro atoms. The largest absolute Gasteiger partial charge is 0.496 e. The van der Waals surface area contributed by atoms with Gasteiger partial charge < -0.3 is 9.72 Å². The van der Waals surface area contributed by atoms with Crippen molar-refractivity contribution in [3.63, 3.8) is 0 Å². The molecule has 0 aliphatic rings. The van der Waals surface area contributed by atoms with Gasteiger partial charge in [0.15, 0.2) is 9.90 Å². The molecule has 6 nitrogen and oxygen atoms in total. The molecule has 4 aromatic rings. The van der Waals surface area contributed by atoms with Gasteiger partial charge in [-0.2, -0.15) is 0 Å². The number of ether oxygens (including phenoxy) is 1. The van der Waals surface area contributed by atoms with E-state index >= 15 is 0 Å². The lowest BCUT2D eigenvalue weighted by atomic mass is 10.1. The highest BCUT2D eigenvalue weighted by Crippen LogP contribution is 2.33. The van der Waals surface area contributed by atoms with Crippen LogP contribution >= 0.6 is 23.6 Å². The molecule has 0 aliphatic carbocycles. The smallest absolute Gasteiger partial charge is 0.276 e. The molecule has 4 rings (SSSR count). The fourth-order valence-corrected chi connectivity index (χ4v) is 3.83. The van der Waals surface area contributed by atoms with E-state index in [0.29, 0.717) is 32.6 Å². The molecule has 2 heterocycles. The van der Waals surface area contributed by atoms with Gasteiger partial charge in [-0.15, -0.1) is 11.3 Å². The van der Waals surface area contributed by atoms with Crippen molar-refractivity contribution >= 4 is 34.6 Å². The third-order valence-corrected chi connectivity index (χ3v) is 5.24. The zero-order valence-corrected chi connectivity index (χ0v) is 16.8. The molecule has 2 aromatic carbocycles. The molecule has 0 unspecified atom stereocenters. The number of thiazole rings is 1. The summed E-state index contributed by atoms with van der Waals surface area (Å²) in [6, 6.07) is 13.5. The minimum absolute atomic E-state index is 0.348. The molecular formula is C20H15FN4O2S2. The number of carbonyl (C=O) groups is 1. The number of imidazole rings is 1. The van der Waals surface area contributed by atoms with E-state index in [1.807, 2.05) is 30.3 Å². The van der Waals surface area contributed by atoms with E-state index in [-0.39, 0.29) is 5.91 Å². The maximum absolute atomic E-state index is 13.6. The summed E-state index contributed by atoms with van der Waals surface area (Å²) >= 11 is 6.55. The molecule has 1 amide bonds. The number of carbonyl (C=O) groups excluding carboxylic acids is 1. The van der Waals surface area contributed by atoms with Gasteiger partial charge in [-0.25, -0.2) is 9.37 Å². The van der Waals surface area contributed by atoms with Crippen LogP contribution in [0.15, 0.2) is 60.1 Å². The highest BCUT2D eigenvalue weighted by Gasteiger charge is 2.17.